The lowest BCUT2D eigenvalue weighted by Gasteiger charge is -2.07. The first-order chi connectivity index (χ1) is 14.9. The molecule has 1 aromatic heterocycles. The average Bonchev–Trinajstić information content (AvgIpc) is 3.26. The van der Waals surface area contributed by atoms with Gasteiger partial charge in [-0.1, -0.05) is 11.8 Å². The van der Waals surface area contributed by atoms with Crippen LogP contribution in [0.5, 0.6) is 17.2 Å². The molecule has 0 spiro atoms. The number of rotatable bonds is 9. The molecule has 0 aliphatic heterocycles. The summed E-state index contributed by atoms with van der Waals surface area (Å²) in [6.45, 7) is 0. The van der Waals surface area contributed by atoms with E-state index in [2.05, 4.69) is 20.5 Å². The molecule has 0 atom stereocenters. The fourth-order valence-electron chi connectivity index (χ4n) is 2.60. The van der Waals surface area contributed by atoms with Crippen molar-refractivity contribution >= 4 is 29.0 Å². The molecule has 11 nitrogen and oxygen atoms in total. The number of hydrogen-bond acceptors (Lipinski definition) is 9. The maximum atomic E-state index is 12.3. The Balaban J connectivity index is 1.66. The molecule has 0 aliphatic carbocycles. The van der Waals surface area contributed by atoms with Crippen LogP contribution in [0.4, 0.5) is 11.4 Å². The first kappa shape index (κ1) is 21.9. The van der Waals surface area contributed by atoms with Crippen molar-refractivity contribution in [2.75, 3.05) is 32.4 Å². The zero-order valence-electron chi connectivity index (χ0n) is 16.9. The van der Waals surface area contributed by atoms with Crippen LogP contribution in [-0.4, -0.2) is 53.1 Å². The number of H-pyrrole nitrogens is 1. The molecule has 0 unspecified atom stereocenters. The fourth-order valence-corrected chi connectivity index (χ4v) is 3.19. The number of aromatic amines is 1. The number of aromatic nitrogens is 3. The monoisotopic (exact) mass is 445 g/mol. The second-order valence-corrected chi connectivity index (χ2v) is 6.99. The number of anilines is 1. The summed E-state index contributed by atoms with van der Waals surface area (Å²) in [4.78, 5) is 27.3. The first-order valence-electron chi connectivity index (χ1n) is 8.84. The maximum absolute atomic E-state index is 12.3. The highest BCUT2D eigenvalue weighted by molar-refractivity contribution is 7.99. The Hall–Kier alpha value is -3.80. The zero-order valence-corrected chi connectivity index (χ0v) is 17.7. The molecule has 31 heavy (non-hydrogen) atoms. The SMILES string of the molecule is COc1cc(OC)cc(-c2nc(SCC(=O)Nc3ccc(OC)cc3[N+](=O)[O-])n[nH]2)c1. The highest BCUT2D eigenvalue weighted by Gasteiger charge is 2.18. The summed E-state index contributed by atoms with van der Waals surface area (Å²) >= 11 is 1.08. The van der Waals surface area contributed by atoms with Gasteiger partial charge >= 0.3 is 0 Å². The first-order valence-corrected chi connectivity index (χ1v) is 9.83. The fraction of sp³-hybridized carbons (Fsp3) is 0.211. The van der Waals surface area contributed by atoms with Gasteiger partial charge in [-0.3, -0.25) is 20.0 Å². The number of carbonyl (C=O) groups excluding carboxylic acids is 1. The molecule has 3 aromatic rings. The minimum atomic E-state index is -0.588. The Morgan fingerprint density at radius 2 is 1.77 bits per heavy atom. The molecule has 1 heterocycles. The van der Waals surface area contributed by atoms with Crippen LogP contribution in [-0.2, 0) is 4.79 Å². The molecule has 2 N–H and O–H groups in total. The third-order valence-corrected chi connectivity index (χ3v) is 4.95. The predicted molar refractivity (Wildman–Crippen MR) is 114 cm³/mol. The number of nitro benzene ring substituents is 1. The Kier molecular flexibility index (Phi) is 6.92. The molecule has 0 radical (unpaired) electrons. The van der Waals surface area contributed by atoms with E-state index in [4.69, 9.17) is 14.2 Å². The summed E-state index contributed by atoms with van der Waals surface area (Å²) in [5, 5.41) is 21.0. The Morgan fingerprint density at radius 3 is 2.39 bits per heavy atom. The topological polar surface area (TPSA) is 142 Å². The number of thioether (sulfide) groups is 1. The van der Waals surface area contributed by atoms with Crippen molar-refractivity contribution in [3.8, 4) is 28.6 Å². The van der Waals surface area contributed by atoms with Crippen molar-refractivity contribution in [2.45, 2.75) is 5.16 Å². The highest BCUT2D eigenvalue weighted by atomic mass is 32.2. The number of nitrogens with one attached hydrogen (secondary N) is 2. The van der Waals surface area contributed by atoms with Crippen molar-refractivity contribution in [1.29, 1.82) is 0 Å². The molecule has 12 heteroatoms. The molecule has 0 saturated heterocycles. The summed E-state index contributed by atoms with van der Waals surface area (Å²) in [7, 11) is 4.50. The van der Waals surface area contributed by atoms with Gasteiger partial charge in [0, 0.05) is 11.6 Å². The van der Waals surface area contributed by atoms with E-state index in [0.29, 0.717) is 33.8 Å². The summed E-state index contributed by atoms with van der Waals surface area (Å²) in [6, 6.07) is 9.46. The standard InChI is InChI=1S/C19H19N5O6S/c1-28-12-4-5-15(16(9-12)24(26)27)20-17(25)10-31-19-21-18(22-23-19)11-6-13(29-2)8-14(7-11)30-3/h4-9H,10H2,1-3H3,(H,20,25)(H,21,22,23). The van der Waals surface area contributed by atoms with Crippen molar-refractivity contribution in [1.82, 2.24) is 15.2 Å². The van der Waals surface area contributed by atoms with E-state index in [9.17, 15) is 14.9 Å². The van der Waals surface area contributed by atoms with Crippen molar-refractivity contribution in [2.24, 2.45) is 0 Å². The number of amides is 1. The maximum Gasteiger partial charge on any atom is 0.296 e. The van der Waals surface area contributed by atoms with Gasteiger partial charge in [0.05, 0.1) is 38.1 Å². The van der Waals surface area contributed by atoms with E-state index in [1.165, 1.54) is 25.3 Å². The van der Waals surface area contributed by atoms with Gasteiger partial charge in [-0.05, 0) is 24.3 Å². The molecule has 2 aromatic carbocycles. The summed E-state index contributed by atoms with van der Waals surface area (Å²) < 4.78 is 15.5. The number of hydrogen-bond donors (Lipinski definition) is 2. The van der Waals surface area contributed by atoms with Crippen molar-refractivity contribution < 1.29 is 23.9 Å². The zero-order chi connectivity index (χ0) is 22.4. The van der Waals surface area contributed by atoms with Crippen LogP contribution in [0.1, 0.15) is 0 Å². The van der Waals surface area contributed by atoms with Crippen LogP contribution >= 0.6 is 11.8 Å². The van der Waals surface area contributed by atoms with Crippen molar-refractivity contribution in [3.63, 3.8) is 0 Å². The average molecular weight is 445 g/mol. The van der Waals surface area contributed by atoms with Gasteiger partial charge in [0.1, 0.15) is 22.9 Å². The number of ether oxygens (including phenoxy) is 3. The van der Waals surface area contributed by atoms with Gasteiger partial charge < -0.3 is 19.5 Å². The Bertz CT molecular complexity index is 1080. The van der Waals surface area contributed by atoms with E-state index in [1.807, 2.05) is 0 Å². The lowest BCUT2D eigenvalue weighted by Crippen LogP contribution is -2.15. The second-order valence-electron chi connectivity index (χ2n) is 6.04. The molecular weight excluding hydrogens is 426 g/mol. The number of methoxy groups -OCH3 is 3. The molecule has 0 saturated carbocycles. The van der Waals surface area contributed by atoms with Crippen LogP contribution in [0, 0.1) is 10.1 Å². The molecule has 3 rings (SSSR count). The number of carbonyl (C=O) groups is 1. The van der Waals surface area contributed by atoms with Gasteiger partial charge in [0.15, 0.2) is 5.82 Å². The Labute approximate surface area is 181 Å². The Morgan fingerprint density at radius 1 is 1.10 bits per heavy atom. The third-order valence-electron chi connectivity index (χ3n) is 4.10. The lowest BCUT2D eigenvalue weighted by molar-refractivity contribution is -0.384. The lowest BCUT2D eigenvalue weighted by atomic mass is 10.2. The van der Waals surface area contributed by atoms with E-state index < -0.39 is 10.8 Å². The molecule has 0 aliphatic rings. The largest absolute Gasteiger partial charge is 0.497 e. The van der Waals surface area contributed by atoms with Crippen LogP contribution in [0.3, 0.4) is 0 Å². The highest BCUT2D eigenvalue weighted by Crippen LogP contribution is 2.30. The molecule has 0 fully saturated rings. The number of benzene rings is 2. The van der Waals surface area contributed by atoms with Gasteiger partial charge in [-0.15, -0.1) is 5.10 Å². The molecule has 0 bridgehead atoms. The van der Waals surface area contributed by atoms with Crippen molar-refractivity contribution in [3.05, 3.63) is 46.5 Å². The van der Waals surface area contributed by atoms with Crippen LogP contribution in [0.2, 0.25) is 0 Å². The summed E-state index contributed by atoms with van der Waals surface area (Å²) in [5.41, 5.74) is 0.522. The second kappa shape index (κ2) is 9.80. The van der Waals surface area contributed by atoms with Crippen LogP contribution in [0.25, 0.3) is 11.4 Å². The molecule has 162 valence electrons. The third kappa shape index (κ3) is 5.42. The van der Waals surface area contributed by atoms with Gasteiger partial charge in [0.2, 0.25) is 11.1 Å². The van der Waals surface area contributed by atoms with Crippen LogP contribution < -0.4 is 19.5 Å². The normalized spacial score (nSPS) is 10.4. The van der Waals surface area contributed by atoms with Gasteiger partial charge in [-0.25, -0.2) is 4.98 Å². The molecular formula is C19H19N5O6S. The number of nitrogens with zero attached hydrogens (tertiary/aromatic N) is 3. The van der Waals surface area contributed by atoms with E-state index in [0.717, 1.165) is 11.8 Å². The quantitative estimate of drug-likeness (QED) is 0.288. The van der Waals surface area contributed by atoms with E-state index in [1.54, 1.807) is 32.4 Å². The predicted octanol–water partition coefficient (Wildman–Crippen LogP) is 3.14. The summed E-state index contributed by atoms with van der Waals surface area (Å²) in [6.07, 6.45) is 0. The van der Waals surface area contributed by atoms with Gasteiger partial charge in [-0.2, -0.15) is 0 Å². The number of nitro groups is 1. The van der Waals surface area contributed by atoms with E-state index >= 15 is 0 Å². The summed E-state index contributed by atoms with van der Waals surface area (Å²) in [5.74, 6) is 1.52. The minimum absolute atomic E-state index is 0.0398. The van der Waals surface area contributed by atoms with E-state index in [-0.39, 0.29) is 17.1 Å². The molecule has 1 amide bonds. The van der Waals surface area contributed by atoms with Crippen LogP contribution in [0.15, 0.2) is 41.6 Å². The minimum Gasteiger partial charge on any atom is -0.497 e. The smallest absolute Gasteiger partial charge is 0.296 e. The van der Waals surface area contributed by atoms with Gasteiger partial charge in [0.25, 0.3) is 5.69 Å².